The van der Waals surface area contributed by atoms with Gasteiger partial charge in [-0.1, -0.05) is 6.07 Å². The predicted octanol–water partition coefficient (Wildman–Crippen LogP) is 3.60. The summed E-state index contributed by atoms with van der Waals surface area (Å²) in [5.74, 6) is 0.324. The molecule has 0 bridgehead atoms. The Morgan fingerprint density at radius 2 is 1.89 bits per heavy atom. The third kappa shape index (κ3) is 3.86. The van der Waals surface area contributed by atoms with E-state index in [1.165, 1.54) is 6.07 Å². The molecule has 142 valence electrons. The first kappa shape index (κ1) is 18.1. The van der Waals surface area contributed by atoms with Crippen LogP contribution in [0.15, 0.2) is 42.6 Å². The molecular formula is C17H19N4O5P. The summed E-state index contributed by atoms with van der Waals surface area (Å²) < 4.78 is 28.4. The summed E-state index contributed by atoms with van der Waals surface area (Å²) in [5, 5.41) is 11.3. The fourth-order valence-electron chi connectivity index (χ4n) is 2.71. The van der Waals surface area contributed by atoms with E-state index in [1.54, 1.807) is 43.5 Å². The summed E-state index contributed by atoms with van der Waals surface area (Å²) in [7, 11) is -3.00. The summed E-state index contributed by atoms with van der Waals surface area (Å²) in [4.78, 5) is 14.9. The fourth-order valence-corrected chi connectivity index (χ4v) is 5.06. The van der Waals surface area contributed by atoms with E-state index in [4.69, 9.17) is 9.26 Å². The van der Waals surface area contributed by atoms with E-state index >= 15 is 0 Å². The van der Waals surface area contributed by atoms with Gasteiger partial charge in [0.25, 0.3) is 0 Å². The Bertz CT molecular complexity index is 885. The number of nitro groups is 1. The van der Waals surface area contributed by atoms with E-state index in [2.05, 4.69) is 4.98 Å². The number of nitrogens with zero attached hydrogens (tertiary/aromatic N) is 4. The van der Waals surface area contributed by atoms with E-state index in [-0.39, 0.29) is 17.3 Å². The molecule has 0 amide bonds. The number of nitro benzene ring substituents is 1. The van der Waals surface area contributed by atoms with Crippen LogP contribution in [0.2, 0.25) is 0 Å². The molecule has 1 aromatic carbocycles. The van der Waals surface area contributed by atoms with Gasteiger partial charge in [-0.05, 0) is 30.7 Å². The van der Waals surface area contributed by atoms with Crippen LogP contribution in [0, 0.1) is 10.1 Å². The monoisotopic (exact) mass is 390 g/mol. The van der Waals surface area contributed by atoms with Gasteiger partial charge in [-0.2, -0.15) is 0 Å². The summed E-state index contributed by atoms with van der Waals surface area (Å²) in [6.07, 6.45) is 1.03. The molecule has 9 nitrogen and oxygen atoms in total. The molecule has 27 heavy (non-hydrogen) atoms. The van der Waals surface area contributed by atoms with Crippen LogP contribution < -0.4 is 4.74 Å². The summed E-state index contributed by atoms with van der Waals surface area (Å²) in [6, 6.07) is 9.59. The quantitative estimate of drug-likeness (QED) is 0.292. The van der Waals surface area contributed by atoms with Gasteiger partial charge in [0.15, 0.2) is 0 Å². The molecule has 3 heterocycles. The molecular weight excluding hydrogens is 371 g/mol. The third-order valence-corrected chi connectivity index (χ3v) is 7.18. The zero-order valence-corrected chi connectivity index (χ0v) is 15.6. The van der Waals surface area contributed by atoms with Crippen molar-refractivity contribution in [3.8, 4) is 11.6 Å². The van der Waals surface area contributed by atoms with Crippen LogP contribution >= 0.6 is 7.67 Å². The van der Waals surface area contributed by atoms with Crippen molar-refractivity contribution in [3.63, 3.8) is 0 Å². The van der Waals surface area contributed by atoms with Gasteiger partial charge in [0, 0.05) is 44.5 Å². The highest BCUT2D eigenvalue weighted by atomic mass is 31.2. The number of aromatic nitrogens is 1. The van der Waals surface area contributed by atoms with Gasteiger partial charge < -0.3 is 4.74 Å². The molecule has 4 rings (SSSR count). The van der Waals surface area contributed by atoms with Crippen molar-refractivity contribution in [2.75, 3.05) is 26.2 Å². The lowest BCUT2D eigenvalue weighted by atomic mass is 10.1. The second kappa shape index (κ2) is 7.01. The van der Waals surface area contributed by atoms with E-state index < -0.39 is 18.7 Å². The number of hydrogen-bond donors (Lipinski definition) is 0. The molecule has 1 aromatic heterocycles. The molecule has 2 saturated heterocycles. The Morgan fingerprint density at radius 3 is 2.44 bits per heavy atom. The predicted molar refractivity (Wildman–Crippen MR) is 97.7 cm³/mol. The molecule has 10 heteroatoms. The Kier molecular flexibility index (Phi) is 4.69. The summed E-state index contributed by atoms with van der Waals surface area (Å²) >= 11 is 0. The van der Waals surface area contributed by atoms with Crippen molar-refractivity contribution in [3.05, 3.63) is 58.3 Å². The van der Waals surface area contributed by atoms with Gasteiger partial charge in [-0.25, -0.2) is 14.3 Å². The Balaban J connectivity index is 1.59. The molecule has 1 unspecified atom stereocenters. The highest BCUT2D eigenvalue weighted by Crippen LogP contribution is 2.63. The lowest BCUT2D eigenvalue weighted by Gasteiger charge is -2.24. The van der Waals surface area contributed by atoms with Crippen molar-refractivity contribution in [2.24, 2.45) is 0 Å². The van der Waals surface area contributed by atoms with Crippen LogP contribution in [-0.4, -0.2) is 45.4 Å². The SMILES string of the molecule is CC(OP(=O)(N1CC1)N1CC1)c1ccc([N+](=O)[O-])c(Oc2ccccn2)c1. The second-order valence-electron chi connectivity index (χ2n) is 6.40. The van der Waals surface area contributed by atoms with E-state index in [0.29, 0.717) is 5.56 Å². The van der Waals surface area contributed by atoms with E-state index in [1.807, 2.05) is 9.34 Å². The fraction of sp³-hybridized carbons (Fsp3) is 0.353. The molecule has 0 spiro atoms. The largest absolute Gasteiger partial charge is 0.432 e. The summed E-state index contributed by atoms with van der Waals surface area (Å²) in [6.45, 7) is 4.82. The maximum absolute atomic E-state index is 13.2. The molecule has 2 aliphatic heterocycles. The smallest absolute Gasteiger partial charge is 0.346 e. The lowest BCUT2D eigenvalue weighted by Crippen LogP contribution is -2.10. The van der Waals surface area contributed by atoms with Crippen molar-refractivity contribution in [1.82, 2.24) is 14.3 Å². The molecule has 1 atom stereocenters. The Morgan fingerprint density at radius 1 is 1.19 bits per heavy atom. The Labute approximate surface area is 156 Å². The van der Waals surface area contributed by atoms with Crippen LogP contribution in [0.4, 0.5) is 5.69 Å². The zero-order chi connectivity index (χ0) is 19.0. The minimum absolute atomic E-state index is 0.0694. The van der Waals surface area contributed by atoms with Crippen LogP contribution in [0.3, 0.4) is 0 Å². The van der Waals surface area contributed by atoms with Crippen LogP contribution in [-0.2, 0) is 9.09 Å². The molecule has 2 fully saturated rings. The van der Waals surface area contributed by atoms with Crippen molar-refractivity contribution in [2.45, 2.75) is 13.0 Å². The maximum atomic E-state index is 13.2. The highest BCUT2D eigenvalue weighted by molar-refractivity contribution is 7.54. The van der Waals surface area contributed by atoms with E-state index in [0.717, 1.165) is 26.2 Å². The number of rotatable bonds is 8. The minimum Gasteiger partial charge on any atom is -0.432 e. The van der Waals surface area contributed by atoms with Gasteiger partial charge in [-0.15, -0.1) is 0 Å². The topological polar surface area (TPSA) is 97.6 Å². The normalized spacial score (nSPS) is 18.1. The molecule has 0 N–H and O–H groups in total. The average molecular weight is 390 g/mol. The minimum atomic E-state index is -3.00. The molecule has 2 aliphatic rings. The second-order valence-corrected chi connectivity index (χ2v) is 8.72. The summed E-state index contributed by atoms with van der Waals surface area (Å²) in [5.41, 5.74) is 0.479. The number of pyridine rings is 1. The van der Waals surface area contributed by atoms with Gasteiger partial charge >= 0.3 is 13.4 Å². The number of benzene rings is 1. The van der Waals surface area contributed by atoms with Gasteiger partial charge in [0.05, 0.1) is 11.0 Å². The molecule has 2 aromatic rings. The maximum Gasteiger partial charge on any atom is 0.346 e. The zero-order valence-electron chi connectivity index (χ0n) is 14.7. The average Bonchev–Trinajstić information content (AvgIpc) is 3.54. The number of hydrogen-bond acceptors (Lipinski definition) is 6. The van der Waals surface area contributed by atoms with Crippen molar-refractivity contribution < 1.29 is 18.7 Å². The van der Waals surface area contributed by atoms with Crippen molar-refractivity contribution in [1.29, 1.82) is 0 Å². The highest BCUT2D eigenvalue weighted by Gasteiger charge is 2.50. The van der Waals surface area contributed by atoms with E-state index in [9.17, 15) is 14.7 Å². The molecule has 0 saturated carbocycles. The third-order valence-electron chi connectivity index (χ3n) is 4.36. The van der Waals surface area contributed by atoms with Gasteiger partial charge in [-0.3, -0.25) is 19.2 Å². The number of ether oxygens (including phenoxy) is 1. The van der Waals surface area contributed by atoms with Crippen LogP contribution in [0.1, 0.15) is 18.6 Å². The van der Waals surface area contributed by atoms with Gasteiger partial charge in [0.2, 0.25) is 11.6 Å². The standard InChI is InChI=1S/C17H19N4O5P/c1-13(26-27(24,19-8-9-19)20-10-11-20)14-5-6-15(21(22)23)16(12-14)25-17-4-2-3-7-18-17/h2-7,12-13H,8-11H2,1H3. The van der Waals surface area contributed by atoms with Crippen LogP contribution in [0.25, 0.3) is 0 Å². The first-order valence-corrected chi connectivity index (χ1v) is 10.2. The first-order valence-electron chi connectivity index (χ1n) is 8.64. The first-order chi connectivity index (χ1) is 13.0. The van der Waals surface area contributed by atoms with Crippen LogP contribution in [0.5, 0.6) is 11.6 Å². The molecule has 0 radical (unpaired) electrons. The van der Waals surface area contributed by atoms with Crippen molar-refractivity contribution >= 4 is 13.4 Å². The molecule has 0 aliphatic carbocycles. The lowest BCUT2D eigenvalue weighted by molar-refractivity contribution is -0.385. The van der Waals surface area contributed by atoms with Gasteiger partial charge in [0.1, 0.15) is 0 Å². The Hall–Kier alpha value is -2.32.